The van der Waals surface area contributed by atoms with Gasteiger partial charge in [0.05, 0.1) is 24.9 Å². The van der Waals surface area contributed by atoms with Gasteiger partial charge in [-0.1, -0.05) is 0 Å². The molecule has 1 aromatic heterocycles. The molecule has 17 nitrogen and oxygen atoms in total. The Labute approximate surface area is 438 Å². The Morgan fingerprint density at radius 1 is 0.533 bits per heavy atom. The Morgan fingerprint density at radius 2 is 0.960 bits per heavy atom. The molecule has 0 bridgehead atoms. The van der Waals surface area contributed by atoms with Crippen molar-refractivity contribution in [3.05, 3.63) is 120 Å². The highest BCUT2D eigenvalue weighted by molar-refractivity contribution is 5.95. The number of benzene rings is 4. The lowest BCUT2D eigenvalue weighted by Crippen LogP contribution is -2.51. The van der Waals surface area contributed by atoms with Gasteiger partial charge in [-0.2, -0.15) is 0 Å². The first-order valence-corrected chi connectivity index (χ1v) is 26.7. The van der Waals surface area contributed by atoms with E-state index in [1.807, 2.05) is 58.3 Å². The molecule has 4 aliphatic heterocycles. The fourth-order valence-electron chi connectivity index (χ4n) is 10.8. The highest BCUT2D eigenvalue weighted by Gasteiger charge is 2.34. The second-order valence-electron chi connectivity index (χ2n) is 21.0. The minimum Gasteiger partial charge on any atom is -0.508 e. The van der Waals surface area contributed by atoms with E-state index < -0.39 is 0 Å². The second-order valence-corrected chi connectivity index (χ2v) is 21.0. The maximum atomic E-state index is 13.0. The molecular weight excluding hydrogens is 949 g/mol. The minimum atomic E-state index is -0.147. The Bertz CT molecular complexity index is 2840. The molecule has 0 radical (unpaired) electrons. The lowest BCUT2D eigenvalue weighted by molar-refractivity contribution is -0.133. The molecule has 2 atom stereocenters. The molecule has 4 saturated heterocycles. The number of piperazine rings is 2. The Kier molecular flexibility index (Phi) is 15.7. The van der Waals surface area contributed by atoms with Crippen LogP contribution in [0.25, 0.3) is 11.4 Å². The first-order chi connectivity index (χ1) is 36.4. The summed E-state index contributed by atoms with van der Waals surface area (Å²) in [6.45, 7) is 10.7. The molecule has 5 aromatic rings. The molecule has 6 aliphatic rings. The van der Waals surface area contributed by atoms with Crippen LogP contribution >= 0.6 is 0 Å². The van der Waals surface area contributed by atoms with Crippen molar-refractivity contribution in [3.63, 3.8) is 0 Å². The number of Topliss-reactive ketones (excluding diaryl/α,β-unsaturated/α-hetero) is 1. The lowest BCUT2D eigenvalue weighted by atomic mass is 10.1. The number of ketones is 1. The largest absolute Gasteiger partial charge is 0.508 e. The molecule has 4 N–H and O–H groups in total. The van der Waals surface area contributed by atoms with E-state index >= 15 is 0 Å². The van der Waals surface area contributed by atoms with Crippen LogP contribution in [0, 0.1) is 11.8 Å². The number of hydrogen-bond acceptors (Lipinski definition) is 13. The van der Waals surface area contributed by atoms with Crippen LogP contribution in [-0.2, 0) is 19.2 Å². The molecule has 0 spiro atoms. The van der Waals surface area contributed by atoms with Crippen molar-refractivity contribution in [1.29, 1.82) is 0 Å². The van der Waals surface area contributed by atoms with Crippen LogP contribution < -0.4 is 20.4 Å². The lowest BCUT2D eigenvalue weighted by Gasteiger charge is -2.36. The maximum absolute atomic E-state index is 13.0. The number of phenols is 2. The SMILES string of the molecule is CC(=O)c1ccc(N2CCN(C(=O)CN3CC[C@@H](C(=O)Nc4ccc(O)c(C5CC5)c4)C3)CC2)cc1.O=C(Nc1ccc(O)c(C2CC2)c1)[C@@H]1CCN(CC(=O)N2CCN(c3ccc(-c4ncccn4)cc3)CC2)C1. The van der Waals surface area contributed by atoms with Gasteiger partial charge in [0, 0.05) is 112 Å². The van der Waals surface area contributed by atoms with Crippen LogP contribution in [0.1, 0.15) is 78.8 Å². The first-order valence-electron chi connectivity index (χ1n) is 26.7. The smallest absolute Gasteiger partial charge is 0.236 e. The minimum absolute atomic E-state index is 0.0177. The highest BCUT2D eigenvalue weighted by Crippen LogP contribution is 2.46. The monoisotopic (exact) mass is 1020 g/mol. The van der Waals surface area contributed by atoms with E-state index in [1.54, 1.807) is 49.6 Å². The molecule has 4 amide bonds. The molecule has 75 heavy (non-hydrogen) atoms. The van der Waals surface area contributed by atoms with Crippen molar-refractivity contribution < 1.29 is 34.2 Å². The number of rotatable bonds is 14. The Balaban J connectivity index is 0.000000172. The molecule has 4 aromatic carbocycles. The zero-order chi connectivity index (χ0) is 52.0. The van der Waals surface area contributed by atoms with Gasteiger partial charge in [-0.25, -0.2) is 9.97 Å². The number of carbonyl (C=O) groups is 5. The number of amides is 4. The molecule has 0 unspecified atom stereocenters. The van der Waals surface area contributed by atoms with Gasteiger partial charge in [-0.3, -0.25) is 33.8 Å². The first kappa shape index (κ1) is 51.1. The normalized spacial score (nSPS) is 20.1. The van der Waals surface area contributed by atoms with Gasteiger partial charge in [-0.15, -0.1) is 0 Å². The van der Waals surface area contributed by atoms with Crippen molar-refractivity contribution in [1.82, 2.24) is 29.6 Å². The number of aromatic hydroxyl groups is 2. The fraction of sp³-hybridized carbons (Fsp3) is 0.431. The molecule has 5 heterocycles. The summed E-state index contributed by atoms with van der Waals surface area (Å²) in [5.74, 6) is 2.09. The van der Waals surface area contributed by atoms with Gasteiger partial charge in [0.2, 0.25) is 23.6 Å². The van der Waals surface area contributed by atoms with Crippen LogP contribution in [-0.4, -0.2) is 161 Å². The quantitative estimate of drug-likeness (QED) is 0.0704. The van der Waals surface area contributed by atoms with E-state index in [9.17, 15) is 34.2 Å². The summed E-state index contributed by atoms with van der Waals surface area (Å²) in [6, 6.07) is 28.3. The van der Waals surface area contributed by atoms with Gasteiger partial charge in [0.15, 0.2) is 11.6 Å². The van der Waals surface area contributed by atoms with E-state index in [2.05, 4.69) is 52.3 Å². The van der Waals surface area contributed by atoms with E-state index in [-0.39, 0.29) is 41.2 Å². The number of carbonyl (C=O) groups excluding carboxylic acids is 5. The Hall–Kier alpha value is -7.37. The van der Waals surface area contributed by atoms with E-state index in [0.29, 0.717) is 87.1 Å². The third-order valence-electron chi connectivity index (χ3n) is 15.6. The molecular formula is C58H68N10O7. The molecule has 392 valence electrons. The predicted molar refractivity (Wildman–Crippen MR) is 288 cm³/mol. The summed E-state index contributed by atoms with van der Waals surface area (Å²) in [5, 5.41) is 26.2. The number of phenolic OH excluding ortho intramolecular Hbond substituents is 2. The van der Waals surface area contributed by atoms with Gasteiger partial charge in [0.25, 0.3) is 0 Å². The summed E-state index contributed by atoms with van der Waals surface area (Å²) in [6.07, 6.45) is 9.30. The maximum Gasteiger partial charge on any atom is 0.236 e. The second kappa shape index (κ2) is 23.0. The van der Waals surface area contributed by atoms with Crippen LogP contribution in [0.5, 0.6) is 11.5 Å². The summed E-state index contributed by atoms with van der Waals surface area (Å²) in [7, 11) is 0. The average molecular weight is 1020 g/mol. The molecule has 2 saturated carbocycles. The number of nitrogens with one attached hydrogen (secondary N) is 2. The topological polar surface area (TPSA) is 195 Å². The van der Waals surface area contributed by atoms with E-state index in [4.69, 9.17) is 0 Å². The highest BCUT2D eigenvalue weighted by atomic mass is 16.3. The average Bonchev–Trinajstić information content (AvgIpc) is 4.37. The number of likely N-dealkylation sites (tertiary alicyclic amines) is 2. The number of anilines is 4. The molecule has 11 rings (SSSR count). The van der Waals surface area contributed by atoms with Crippen molar-refractivity contribution in [2.24, 2.45) is 11.8 Å². The van der Waals surface area contributed by atoms with Crippen molar-refractivity contribution >= 4 is 52.2 Å². The third kappa shape index (κ3) is 12.9. The van der Waals surface area contributed by atoms with E-state index in [1.165, 1.54) is 0 Å². The zero-order valence-electron chi connectivity index (χ0n) is 42.8. The summed E-state index contributed by atoms with van der Waals surface area (Å²) < 4.78 is 0. The van der Waals surface area contributed by atoms with Crippen LogP contribution in [0.4, 0.5) is 22.7 Å². The van der Waals surface area contributed by atoms with Crippen LogP contribution in [0.3, 0.4) is 0 Å². The fourth-order valence-corrected chi connectivity index (χ4v) is 10.8. The van der Waals surface area contributed by atoms with Gasteiger partial charge >= 0.3 is 0 Å². The number of aromatic nitrogens is 2. The predicted octanol–water partition coefficient (Wildman–Crippen LogP) is 6.42. The van der Waals surface area contributed by atoms with Crippen molar-refractivity contribution in [3.8, 4) is 22.9 Å². The van der Waals surface area contributed by atoms with Crippen molar-refractivity contribution in [2.75, 3.05) is 112 Å². The van der Waals surface area contributed by atoms with Crippen molar-refractivity contribution in [2.45, 2.75) is 57.3 Å². The third-order valence-corrected chi connectivity index (χ3v) is 15.6. The molecule has 6 fully saturated rings. The molecule has 17 heteroatoms. The molecule has 2 aliphatic carbocycles. The number of hydrogen-bond donors (Lipinski definition) is 4. The zero-order valence-corrected chi connectivity index (χ0v) is 42.8. The van der Waals surface area contributed by atoms with Crippen LogP contribution in [0.15, 0.2) is 103 Å². The standard InChI is InChI=1S/C30H34N6O3.C28H34N4O4/c37-27-9-6-24(18-26(27)21-2-3-21)33-30(39)23-10-13-34(19-23)20-28(38)36-16-14-35(15-17-36)25-7-4-22(5-8-25)29-31-11-1-12-32-29;1-19(33)20-4-7-24(8-5-20)31-12-14-32(15-13-31)27(35)18-30-11-10-22(17-30)28(36)29-23-6-9-26(34)25(16-23)21-2-3-21/h1,4-9,11-12,18,21,23,37H,2-3,10,13-17,19-20H2,(H,33,39);4-9,16,21-22,34H,2-3,10-15,17-18H2,1H3,(H,29,36)/t23-;22-/m11/s1. The summed E-state index contributed by atoms with van der Waals surface area (Å²) in [5.41, 5.74) is 7.18. The van der Waals surface area contributed by atoms with E-state index in [0.717, 1.165) is 117 Å². The summed E-state index contributed by atoms with van der Waals surface area (Å²) in [4.78, 5) is 84.3. The van der Waals surface area contributed by atoms with Gasteiger partial charge in [0.1, 0.15) is 11.5 Å². The van der Waals surface area contributed by atoms with Crippen LogP contribution in [0.2, 0.25) is 0 Å². The summed E-state index contributed by atoms with van der Waals surface area (Å²) >= 11 is 0. The number of nitrogens with zero attached hydrogens (tertiary/aromatic N) is 8. The van der Waals surface area contributed by atoms with Gasteiger partial charge in [-0.05, 0) is 172 Å². The van der Waals surface area contributed by atoms with Gasteiger partial charge < -0.3 is 40.4 Å². The Morgan fingerprint density at radius 3 is 1.37 bits per heavy atom.